The van der Waals surface area contributed by atoms with E-state index < -0.39 is 0 Å². The highest BCUT2D eigenvalue weighted by Crippen LogP contribution is 2.25. The van der Waals surface area contributed by atoms with E-state index in [0.29, 0.717) is 41.5 Å². The van der Waals surface area contributed by atoms with Gasteiger partial charge >= 0.3 is 0 Å². The number of anilines is 1. The minimum atomic E-state index is -0.371. The van der Waals surface area contributed by atoms with Crippen LogP contribution in [0, 0.1) is 0 Å². The zero-order chi connectivity index (χ0) is 23.9. The van der Waals surface area contributed by atoms with E-state index in [1.54, 1.807) is 33.8 Å². The summed E-state index contributed by atoms with van der Waals surface area (Å²) in [7, 11) is 0. The highest BCUT2D eigenvalue weighted by atomic mass is 16.5. The summed E-state index contributed by atoms with van der Waals surface area (Å²) in [5.41, 5.74) is 1.46. The number of rotatable bonds is 8. The van der Waals surface area contributed by atoms with Gasteiger partial charge in [0.25, 0.3) is 11.8 Å². The lowest BCUT2D eigenvalue weighted by atomic mass is 10.2. The number of nitrogens with one attached hydrogen (secondary N) is 1. The van der Waals surface area contributed by atoms with Crippen LogP contribution >= 0.6 is 0 Å². The fourth-order valence-electron chi connectivity index (χ4n) is 3.58. The second-order valence-corrected chi connectivity index (χ2v) is 7.53. The molecule has 0 unspecified atom stereocenters. The molecule has 0 bridgehead atoms. The Balaban J connectivity index is 1.66. The number of amides is 2. The normalized spacial score (nSPS) is 10.5. The van der Waals surface area contributed by atoms with Gasteiger partial charge < -0.3 is 15.0 Å². The van der Waals surface area contributed by atoms with Crippen molar-refractivity contribution in [3.05, 3.63) is 102 Å². The zero-order valence-corrected chi connectivity index (χ0v) is 19.1. The second-order valence-electron chi connectivity index (χ2n) is 7.53. The van der Waals surface area contributed by atoms with Crippen molar-refractivity contribution in [3.8, 4) is 17.2 Å². The van der Waals surface area contributed by atoms with Crippen molar-refractivity contribution < 1.29 is 14.3 Å². The fraction of sp³-hybridized carbons (Fsp3) is 0.148. The summed E-state index contributed by atoms with van der Waals surface area (Å²) in [5, 5.41) is 7.32. The third-order valence-corrected chi connectivity index (χ3v) is 5.36. The van der Waals surface area contributed by atoms with Gasteiger partial charge in [0.15, 0.2) is 0 Å². The first-order valence-electron chi connectivity index (χ1n) is 11.2. The number of benzene rings is 3. The molecule has 0 aliphatic heterocycles. The van der Waals surface area contributed by atoms with Gasteiger partial charge in [-0.25, -0.2) is 4.68 Å². The minimum absolute atomic E-state index is 0.191. The lowest BCUT2D eigenvalue weighted by Crippen LogP contribution is -2.31. The van der Waals surface area contributed by atoms with Crippen molar-refractivity contribution in [2.24, 2.45) is 0 Å². The molecule has 0 saturated carbocycles. The topological polar surface area (TPSA) is 76.5 Å². The quantitative estimate of drug-likeness (QED) is 0.387. The molecule has 7 heteroatoms. The predicted octanol–water partition coefficient (Wildman–Crippen LogP) is 5.40. The molecule has 0 fully saturated rings. The van der Waals surface area contributed by atoms with Crippen LogP contribution in [0.15, 0.2) is 91.1 Å². The van der Waals surface area contributed by atoms with Gasteiger partial charge in [0.05, 0.1) is 11.9 Å². The molecule has 0 spiro atoms. The van der Waals surface area contributed by atoms with Crippen molar-refractivity contribution in [3.63, 3.8) is 0 Å². The van der Waals surface area contributed by atoms with Crippen LogP contribution in [0.2, 0.25) is 0 Å². The molecule has 34 heavy (non-hydrogen) atoms. The summed E-state index contributed by atoms with van der Waals surface area (Å²) in [6.07, 6.45) is 1.50. The Hall–Kier alpha value is -4.39. The molecular weight excluding hydrogens is 428 g/mol. The van der Waals surface area contributed by atoms with E-state index in [0.717, 1.165) is 5.69 Å². The Kier molecular flexibility index (Phi) is 7.03. The lowest BCUT2D eigenvalue weighted by Gasteiger charge is -2.19. The smallest absolute Gasteiger partial charge is 0.259 e. The molecule has 4 rings (SSSR count). The van der Waals surface area contributed by atoms with E-state index in [1.807, 2.05) is 74.5 Å². The molecule has 0 aliphatic carbocycles. The number of nitrogens with zero attached hydrogens (tertiary/aromatic N) is 3. The van der Waals surface area contributed by atoms with Gasteiger partial charge in [-0.2, -0.15) is 5.10 Å². The summed E-state index contributed by atoms with van der Waals surface area (Å²) in [5.74, 6) is 0.972. The molecule has 1 N–H and O–H groups in total. The maximum absolute atomic E-state index is 13.3. The summed E-state index contributed by atoms with van der Waals surface area (Å²) >= 11 is 0. The first-order chi connectivity index (χ1) is 16.6. The van der Waals surface area contributed by atoms with Gasteiger partial charge in [-0.05, 0) is 56.3 Å². The first-order valence-corrected chi connectivity index (χ1v) is 11.2. The van der Waals surface area contributed by atoms with E-state index in [9.17, 15) is 9.59 Å². The monoisotopic (exact) mass is 454 g/mol. The SMILES string of the molecule is CCN(CC)C(=O)c1cnn(-c2ccccc2)c1NC(=O)c1cccc(Oc2ccccc2)c1. The van der Waals surface area contributed by atoms with Crippen LogP contribution in [-0.2, 0) is 0 Å². The third-order valence-electron chi connectivity index (χ3n) is 5.36. The molecule has 7 nitrogen and oxygen atoms in total. The van der Waals surface area contributed by atoms with Gasteiger partial charge in [0, 0.05) is 18.7 Å². The van der Waals surface area contributed by atoms with Crippen molar-refractivity contribution in [2.45, 2.75) is 13.8 Å². The summed E-state index contributed by atoms with van der Waals surface area (Å²) in [4.78, 5) is 28.1. The molecule has 0 saturated heterocycles. The number of aromatic nitrogens is 2. The van der Waals surface area contributed by atoms with Gasteiger partial charge in [0.1, 0.15) is 22.9 Å². The van der Waals surface area contributed by atoms with E-state index in [1.165, 1.54) is 6.20 Å². The van der Waals surface area contributed by atoms with Gasteiger partial charge in [-0.1, -0.05) is 42.5 Å². The molecule has 172 valence electrons. The van der Waals surface area contributed by atoms with Gasteiger partial charge in [0.2, 0.25) is 0 Å². The Morgan fingerprint density at radius 3 is 2.21 bits per heavy atom. The second kappa shape index (κ2) is 10.5. The number of carbonyl (C=O) groups is 2. The number of hydrogen-bond donors (Lipinski definition) is 1. The van der Waals surface area contributed by atoms with Crippen LogP contribution in [0.3, 0.4) is 0 Å². The van der Waals surface area contributed by atoms with Gasteiger partial charge in [-0.15, -0.1) is 0 Å². The van der Waals surface area contributed by atoms with Crippen molar-refractivity contribution in [1.82, 2.24) is 14.7 Å². The fourth-order valence-corrected chi connectivity index (χ4v) is 3.58. The molecule has 4 aromatic rings. The largest absolute Gasteiger partial charge is 0.457 e. The molecule has 2 amide bonds. The van der Waals surface area contributed by atoms with Crippen LogP contribution < -0.4 is 10.1 Å². The molecule has 3 aromatic carbocycles. The molecule has 0 aliphatic rings. The zero-order valence-electron chi connectivity index (χ0n) is 19.1. The summed E-state index contributed by atoms with van der Waals surface area (Å²) < 4.78 is 7.43. The van der Waals surface area contributed by atoms with Crippen LogP contribution in [0.4, 0.5) is 5.82 Å². The van der Waals surface area contributed by atoms with Crippen LogP contribution in [0.1, 0.15) is 34.6 Å². The Labute approximate surface area is 198 Å². The lowest BCUT2D eigenvalue weighted by molar-refractivity contribution is 0.0774. The molecule has 1 heterocycles. The Morgan fingerprint density at radius 2 is 1.53 bits per heavy atom. The standard InChI is InChI=1S/C27H26N4O3/c1-3-30(4-2)27(33)24-19-28-31(21-13-7-5-8-14-21)25(24)29-26(32)20-12-11-17-23(18-20)34-22-15-9-6-10-16-22/h5-19H,3-4H2,1-2H3,(H,29,32). The van der Waals surface area contributed by atoms with Crippen LogP contribution in [-0.4, -0.2) is 39.6 Å². The molecule has 1 aromatic heterocycles. The van der Waals surface area contributed by atoms with E-state index >= 15 is 0 Å². The van der Waals surface area contributed by atoms with Gasteiger partial charge in [-0.3, -0.25) is 9.59 Å². The van der Waals surface area contributed by atoms with Crippen molar-refractivity contribution in [2.75, 3.05) is 18.4 Å². The highest BCUT2D eigenvalue weighted by Gasteiger charge is 2.24. The van der Waals surface area contributed by atoms with E-state index in [-0.39, 0.29) is 11.8 Å². The van der Waals surface area contributed by atoms with Crippen molar-refractivity contribution >= 4 is 17.6 Å². The molecular formula is C27H26N4O3. The third kappa shape index (κ3) is 4.99. The summed E-state index contributed by atoms with van der Waals surface area (Å²) in [6.45, 7) is 4.94. The Bertz CT molecular complexity index is 1270. The van der Waals surface area contributed by atoms with E-state index in [2.05, 4.69) is 10.4 Å². The molecule has 0 radical (unpaired) electrons. The Morgan fingerprint density at radius 1 is 0.882 bits per heavy atom. The summed E-state index contributed by atoms with van der Waals surface area (Å²) in [6, 6.07) is 25.6. The molecule has 0 atom stereocenters. The number of carbonyl (C=O) groups excluding carboxylic acids is 2. The average Bonchev–Trinajstić information content (AvgIpc) is 3.29. The van der Waals surface area contributed by atoms with Crippen LogP contribution in [0.5, 0.6) is 11.5 Å². The van der Waals surface area contributed by atoms with Crippen molar-refractivity contribution in [1.29, 1.82) is 0 Å². The van der Waals surface area contributed by atoms with Crippen LogP contribution in [0.25, 0.3) is 5.69 Å². The number of ether oxygens (including phenoxy) is 1. The highest BCUT2D eigenvalue weighted by molar-refractivity contribution is 6.08. The maximum atomic E-state index is 13.3. The van der Waals surface area contributed by atoms with E-state index in [4.69, 9.17) is 4.74 Å². The minimum Gasteiger partial charge on any atom is -0.457 e. The average molecular weight is 455 g/mol. The number of para-hydroxylation sites is 2. The maximum Gasteiger partial charge on any atom is 0.259 e. The first kappa shape index (κ1) is 22.8. The predicted molar refractivity (Wildman–Crippen MR) is 132 cm³/mol. The number of hydrogen-bond acceptors (Lipinski definition) is 4.